The molecule has 4 nitrogen and oxygen atoms in total. The molecule has 6 aromatic rings. The Balaban J connectivity index is 0.000000180. The van der Waals surface area contributed by atoms with Gasteiger partial charge in [0, 0.05) is 19.5 Å². The van der Waals surface area contributed by atoms with E-state index in [1.807, 2.05) is 84.9 Å². The average molecular weight is 535 g/mol. The molecule has 0 fully saturated rings. The fourth-order valence-corrected chi connectivity index (χ4v) is 5.28. The van der Waals surface area contributed by atoms with Crippen molar-refractivity contribution in [3.63, 3.8) is 0 Å². The summed E-state index contributed by atoms with van der Waals surface area (Å²) in [6.45, 7) is 0. The van der Waals surface area contributed by atoms with Crippen LogP contribution in [0.25, 0.3) is 41.6 Å². The van der Waals surface area contributed by atoms with Crippen molar-refractivity contribution in [2.45, 2.75) is 0 Å². The van der Waals surface area contributed by atoms with Crippen LogP contribution in [0.2, 0.25) is 0 Å². The smallest absolute Gasteiger partial charge is 0.128 e. The molecular formula is C27H21N2O2S2Zn-. The van der Waals surface area contributed by atoms with Gasteiger partial charge in [-0.25, -0.2) is 9.97 Å². The molecule has 34 heavy (non-hydrogen) atoms. The standard InChI is InChI=1S/2C13H9NOS.CH3.Zn/c2*15-11-7-3-1-5-9(11)13-14-10-6-2-4-8-12(10)16-13;;/h2*1-8,15H;1H3;/q;;-1;. The fourth-order valence-electron chi connectivity index (χ4n) is 3.28. The third-order valence-electron chi connectivity index (χ3n) is 4.86. The van der Waals surface area contributed by atoms with Crippen molar-refractivity contribution >= 4 is 43.1 Å². The number of phenols is 2. The maximum atomic E-state index is 9.76. The number of aromatic nitrogens is 2. The molecule has 166 valence electrons. The number of thiazole rings is 2. The van der Waals surface area contributed by atoms with Crippen molar-refractivity contribution in [1.82, 2.24) is 9.97 Å². The number of hydrogen-bond donors (Lipinski definition) is 2. The zero-order valence-corrected chi connectivity index (χ0v) is 23.2. The second-order valence-corrected chi connectivity index (χ2v) is 9.07. The predicted octanol–water partition coefficient (Wildman–Crippen LogP) is 7.79. The van der Waals surface area contributed by atoms with Gasteiger partial charge in [-0.3, -0.25) is 0 Å². The first-order valence-corrected chi connectivity index (χ1v) is 11.6. The minimum Gasteiger partial charge on any atom is -0.507 e. The summed E-state index contributed by atoms with van der Waals surface area (Å²) in [6.07, 6.45) is 0. The Morgan fingerprint density at radius 2 is 0.853 bits per heavy atom. The third kappa shape index (κ3) is 5.33. The minimum atomic E-state index is 0. The van der Waals surface area contributed by atoms with Gasteiger partial charge >= 0.3 is 0 Å². The van der Waals surface area contributed by atoms with Crippen LogP contribution in [0, 0.1) is 7.43 Å². The van der Waals surface area contributed by atoms with Gasteiger partial charge in [0.05, 0.1) is 31.6 Å². The second kappa shape index (κ2) is 11.3. The van der Waals surface area contributed by atoms with Gasteiger partial charge in [0.15, 0.2) is 0 Å². The molecule has 2 N–H and O–H groups in total. The SMILES string of the molecule is Oc1ccccc1-c1nc2ccccc2s1.Oc1ccccc1-c1nc2ccccc2s1.[CH3-].[Zn]. The van der Waals surface area contributed by atoms with Gasteiger partial charge in [-0.15, -0.1) is 22.7 Å². The topological polar surface area (TPSA) is 66.2 Å². The van der Waals surface area contributed by atoms with E-state index in [1.165, 1.54) is 0 Å². The molecule has 2 aromatic heterocycles. The summed E-state index contributed by atoms with van der Waals surface area (Å²) in [5, 5.41) is 21.2. The van der Waals surface area contributed by atoms with E-state index in [0.29, 0.717) is 0 Å². The van der Waals surface area contributed by atoms with Crippen LogP contribution in [0.1, 0.15) is 0 Å². The Morgan fingerprint density at radius 1 is 0.500 bits per heavy atom. The monoisotopic (exact) mass is 533 g/mol. The normalized spacial score (nSPS) is 10.1. The van der Waals surface area contributed by atoms with Crippen molar-refractivity contribution in [2.24, 2.45) is 0 Å². The predicted molar refractivity (Wildman–Crippen MR) is 140 cm³/mol. The number of benzene rings is 4. The Morgan fingerprint density at radius 3 is 1.24 bits per heavy atom. The summed E-state index contributed by atoms with van der Waals surface area (Å²) in [5.41, 5.74) is 3.55. The Hall–Kier alpha value is -3.12. The molecule has 0 aliphatic rings. The Labute approximate surface area is 219 Å². The number of rotatable bonds is 2. The first-order chi connectivity index (χ1) is 15.7. The van der Waals surface area contributed by atoms with Gasteiger partial charge in [-0.2, -0.15) is 0 Å². The van der Waals surface area contributed by atoms with Crippen molar-refractivity contribution < 1.29 is 29.7 Å². The van der Waals surface area contributed by atoms with E-state index in [0.717, 1.165) is 41.6 Å². The average Bonchev–Trinajstić information content (AvgIpc) is 3.44. The maximum Gasteiger partial charge on any atom is 0.128 e. The van der Waals surface area contributed by atoms with Crippen molar-refractivity contribution in [3.05, 3.63) is 104 Å². The van der Waals surface area contributed by atoms with E-state index in [-0.39, 0.29) is 38.4 Å². The fraction of sp³-hybridized carbons (Fsp3) is 0. The molecule has 0 atom stereocenters. The molecule has 0 aliphatic carbocycles. The third-order valence-corrected chi connectivity index (χ3v) is 7.00. The largest absolute Gasteiger partial charge is 0.507 e. The summed E-state index contributed by atoms with van der Waals surface area (Å²) in [6, 6.07) is 30.5. The molecule has 0 bridgehead atoms. The van der Waals surface area contributed by atoms with Gasteiger partial charge in [0.2, 0.25) is 0 Å². The first kappa shape index (κ1) is 25.5. The molecule has 0 unspecified atom stereocenters. The number of nitrogens with zero attached hydrogens (tertiary/aromatic N) is 2. The molecule has 0 saturated carbocycles. The molecule has 4 aromatic carbocycles. The summed E-state index contributed by atoms with van der Waals surface area (Å²) >= 11 is 3.19. The summed E-state index contributed by atoms with van der Waals surface area (Å²) in [5.74, 6) is 0.558. The second-order valence-electron chi connectivity index (χ2n) is 7.01. The molecule has 0 spiro atoms. The maximum absolute atomic E-state index is 9.76. The van der Waals surface area contributed by atoms with E-state index < -0.39 is 0 Å². The zero-order chi connectivity index (χ0) is 21.9. The van der Waals surface area contributed by atoms with Crippen LogP contribution in [-0.2, 0) is 19.5 Å². The van der Waals surface area contributed by atoms with Gasteiger partial charge in [0.25, 0.3) is 0 Å². The van der Waals surface area contributed by atoms with E-state index in [9.17, 15) is 10.2 Å². The zero-order valence-electron chi connectivity index (χ0n) is 18.6. The van der Waals surface area contributed by atoms with Crippen LogP contribution in [0.15, 0.2) is 97.1 Å². The molecule has 0 amide bonds. The molecule has 7 heteroatoms. The van der Waals surface area contributed by atoms with E-state index in [1.54, 1.807) is 34.8 Å². The Kier molecular flexibility index (Phi) is 8.51. The van der Waals surface area contributed by atoms with Gasteiger partial charge in [0.1, 0.15) is 21.5 Å². The summed E-state index contributed by atoms with van der Waals surface area (Å²) < 4.78 is 2.28. The van der Waals surface area contributed by atoms with Gasteiger partial charge in [-0.1, -0.05) is 48.5 Å². The molecule has 2 heterocycles. The van der Waals surface area contributed by atoms with Gasteiger partial charge < -0.3 is 17.6 Å². The number of aromatic hydroxyl groups is 2. The molecule has 6 rings (SSSR count). The molecular weight excluding hydrogens is 514 g/mol. The van der Waals surface area contributed by atoms with Gasteiger partial charge in [-0.05, 0) is 48.5 Å². The minimum absolute atomic E-state index is 0. The van der Waals surface area contributed by atoms with Crippen LogP contribution < -0.4 is 0 Å². The quantitative estimate of drug-likeness (QED) is 0.176. The number of fused-ring (bicyclic) bond motifs is 2. The van der Waals surface area contributed by atoms with Crippen LogP contribution in [0.4, 0.5) is 0 Å². The summed E-state index contributed by atoms with van der Waals surface area (Å²) in [7, 11) is 0. The summed E-state index contributed by atoms with van der Waals surface area (Å²) in [4.78, 5) is 9.00. The van der Waals surface area contributed by atoms with Crippen LogP contribution >= 0.6 is 22.7 Å². The van der Waals surface area contributed by atoms with Crippen molar-refractivity contribution in [1.29, 1.82) is 0 Å². The number of hydrogen-bond acceptors (Lipinski definition) is 6. The first-order valence-electron chi connectivity index (χ1n) is 9.97. The van der Waals surface area contributed by atoms with E-state index >= 15 is 0 Å². The Bertz CT molecular complexity index is 1350. The number of phenolic OH excluding ortho intramolecular Hbond substituents is 2. The molecule has 0 aliphatic heterocycles. The van der Waals surface area contributed by atoms with Crippen molar-refractivity contribution in [2.75, 3.05) is 0 Å². The molecule has 0 radical (unpaired) electrons. The number of para-hydroxylation sites is 4. The van der Waals surface area contributed by atoms with E-state index in [4.69, 9.17) is 0 Å². The van der Waals surface area contributed by atoms with Crippen LogP contribution in [0.3, 0.4) is 0 Å². The van der Waals surface area contributed by atoms with Crippen LogP contribution in [-0.4, -0.2) is 20.2 Å². The van der Waals surface area contributed by atoms with Crippen molar-refractivity contribution in [3.8, 4) is 32.6 Å². The van der Waals surface area contributed by atoms with Crippen LogP contribution in [0.5, 0.6) is 11.5 Å². The molecule has 0 saturated heterocycles. The van der Waals surface area contributed by atoms with E-state index in [2.05, 4.69) is 9.97 Å².